The van der Waals surface area contributed by atoms with Crippen molar-refractivity contribution in [3.8, 4) is 0 Å². The third-order valence-electron chi connectivity index (χ3n) is 1.27. The second kappa shape index (κ2) is 3.99. The highest BCUT2D eigenvalue weighted by Gasteiger charge is 2.13. The molecular formula is C7H5BrN2O3. The molecule has 68 valence electrons. The second-order valence-electron chi connectivity index (χ2n) is 2.12. The van der Waals surface area contributed by atoms with Gasteiger partial charge in [-0.1, -0.05) is 5.16 Å². The molecule has 2 N–H and O–H groups in total. The van der Waals surface area contributed by atoms with Gasteiger partial charge in [-0.05, 0) is 28.1 Å². The number of carboxylic acid groups (broad SMARTS) is 1. The smallest absolute Gasteiger partial charge is 0.360 e. The summed E-state index contributed by atoms with van der Waals surface area (Å²) < 4.78 is 0.721. The zero-order valence-corrected chi connectivity index (χ0v) is 7.89. The van der Waals surface area contributed by atoms with Crippen LogP contribution in [0.2, 0.25) is 0 Å². The maximum atomic E-state index is 10.5. The van der Waals surface area contributed by atoms with E-state index in [1.807, 2.05) is 0 Å². The minimum Gasteiger partial charge on any atom is -0.476 e. The summed E-state index contributed by atoms with van der Waals surface area (Å²) in [7, 11) is 0. The molecule has 0 radical (unpaired) electrons. The first-order chi connectivity index (χ1) is 6.15. The molecule has 1 heterocycles. The number of hydrogen-bond donors (Lipinski definition) is 2. The standard InChI is InChI=1S/C7H5BrN2O3/c8-4-1-2-5(9-3-4)6(10-13)7(11)12/h1-3,13H,(H,11,12)/b10-6+. The van der Waals surface area contributed by atoms with Crippen LogP contribution >= 0.6 is 15.9 Å². The van der Waals surface area contributed by atoms with Gasteiger partial charge in [0.25, 0.3) is 0 Å². The van der Waals surface area contributed by atoms with E-state index >= 15 is 0 Å². The molecule has 1 aromatic heterocycles. The number of aliphatic carboxylic acids is 1. The third kappa shape index (κ3) is 2.25. The molecule has 0 saturated carbocycles. The maximum Gasteiger partial charge on any atom is 0.360 e. The van der Waals surface area contributed by atoms with Crippen LogP contribution in [0.3, 0.4) is 0 Å². The van der Waals surface area contributed by atoms with Crippen LogP contribution in [-0.2, 0) is 4.79 Å². The number of nitrogens with zero attached hydrogens (tertiary/aromatic N) is 2. The molecule has 13 heavy (non-hydrogen) atoms. The number of halogens is 1. The van der Waals surface area contributed by atoms with Gasteiger partial charge in [0, 0.05) is 10.7 Å². The number of pyridine rings is 1. The SMILES string of the molecule is O=C(O)/C(=N/O)c1ccc(Br)cn1. The molecule has 0 atom stereocenters. The molecule has 0 spiro atoms. The van der Waals surface area contributed by atoms with E-state index in [1.54, 1.807) is 6.07 Å². The van der Waals surface area contributed by atoms with E-state index in [9.17, 15) is 4.79 Å². The van der Waals surface area contributed by atoms with E-state index in [1.165, 1.54) is 12.3 Å². The van der Waals surface area contributed by atoms with Crippen molar-refractivity contribution in [2.75, 3.05) is 0 Å². The lowest BCUT2D eigenvalue weighted by Crippen LogP contribution is -2.15. The van der Waals surface area contributed by atoms with Gasteiger partial charge in [-0.15, -0.1) is 0 Å². The van der Waals surface area contributed by atoms with Crippen LogP contribution in [0.1, 0.15) is 5.69 Å². The van der Waals surface area contributed by atoms with Crippen molar-refractivity contribution >= 4 is 27.6 Å². The fourth-order valence-corrected chi connectivity index (χ4v) is 0.954. The molecule has 0 unspecified atom stereocenters. The molecule has 0 saturated heterocycles. The van der Waals surface area contributed by atoms with Gasteiger partial charge in [0.15, 0.2) is 0 Å². The largest absolute Gasteiger partial charge is 0.476 e. The molecule has 1 aromatic rings. The van der Waals surface area contributed by atoms with E-state index in [0.717, 1.165) is 4.47 Å². The Morgan fingerprint density at radius 2 is 2.23 bits per heavy atom. The van der Waals surface area contributed by atoms with E-state index in [2.05, 4.69) is 26.1 Å². The fourth-order valence-electron chi connectivity index (χ4n) is 0.719. The van der Waals surface area contributed by atoms with Crippen LogP contribution in [0.25, 0.3) is 0 Å². The van der Waals surface area contributed by atoms with E-state index in [-0.39, 0.29) is 5.69 Å². The number of carbonyl (C=O) groups is 1. The number of oxime groups is 1. The molecule has 0 aliphatic heterocycles. The molecule has 6 heteroatoms. The van der Waals surface area contributed by atoms with Crippen molar-refractivity contribution in [1.29, 1.82) is 0 Å². The van der Waals surface area contributed by atoms with Gasteiger partial charge in [-0.2, -0.15) is 0 Å². The predicted octanol–water partition coefficient (Wildman–Crippen LogP) is 1.11. The summed E-state index contributed by atoms with van der Waals surface area (Å²) in [6, 6.07) is 3.05. The minimum absolute atomic E-state index is 0.109. The van der Waals surface area contributed by atoms with Crippen molar-refractivity contribution in [1.82, 2.24) is 4.98 Å². The molecule has 0 aromatic carbocycles. The minimum atomic E-state index is -1.32. The first kappa shape index (κ1) is 9.66. The first-order valence-corrected chi connectivity index (χ1v) is 4.01. The maximum absolute atomic E-state index is 10.5. The Balaban J connectivity index is 3.07. The lowest BCUT2D eigenvalue weighted by molar-refractivity contribution is -0.129. The van der Waals surface area contributed by atoms with E-state index in [0.29, 0.717) is 0 Å². The highest BCUT2D eigenvalue weighted by molar-refractivity contribution is 9.10. The van der Waals surface area contributed by atoms with E-state index in [4.69, 9.17) is 10.3 Å². The quantitative estimate of drug-likeness (QED) is 0.464. The normalized spacial score (nSPS) is 11.3. The third-order valence-corrected chi connectivity index (χ3v) is 1.74. The first-order valence-electron chi connectivity index (χ1n) is 3.22. The van der Waals surface area contributed by atoms with Crippen molar-refractivity contribution in [2.45, 2.75) is 0 Å². The van der Waals surface area contributed by atoms with Crippen molar-refractivity contribution in [3.63, 3.8) is 0 Å². The van der Waals surface area contributed by atoms with Crippen LogP contribution < -0.4 is 0 Å². The molecule has 0 aliphatic carbocycles. The summed E-state index contributed by atoms with van der Waals surface area (Å²) in [5.74, 6) is -1.32. The number of aromatic nitrogens is 1. The van der Waals surface area contributed by atoms with Gasteiger partial charge in [-0.25, -0.2) is 4.79 Å². The van der Waals surface area contributed by atoms with Gasteiger partial charge in [0.1, 0.15) is 0 Å². The van der Waals surface area contributed by atoms with Crippen LogP contribution in [-0.4, -0.2) is 27.0 Å². The summed E-state index contributed by atoms with van der Waals surface area (Å²) in [6.07, 6.45) is 1.42. The van der Waals surface area contributed by atoms with Crippen molar-refractivity contribution < 1.29 is 15.1 Å². The summed E-state index contributed by atoms with van der Waals surface area (Å²) in [5.41, 5.74) is -0.370. The summed E-state index contributed by atoms with van der Waals surface area (Å²) >= 11 is 3.14. The molecular weight excluding hydrogens is 240 g/mol. The van der Waals surface area contributed by atoms with Crippen LogP contribution in [0.4, 0.5) is 0 Å². The summed E-state index contributed by atoms with van der Waals surface area (Å²) in [4.78, 5) is 14.2. The second-order valence-corrected chi connectivity index (χ2v) is 3.03. The van der Waals surface area contributed by atoms with Crippen LogP contribution in [0, 0.1) is 0 Å². The molecule has 5 nitrogen and oxygen atoms in total. The van der Waals surface area contributed by atoms with Crippen LogP contribution in [0.5, 0.6) is 0 Å². The summed E-state index contributed by atoms with van der Waals surface area (Å²) in [5, 5.41) is 19.6. The van der Waals surface area contributed by atoms with Crippen molar-refractivity contribution in [2.24, 2.45) is 5.16 Å². The Labute approximate surface area is 81.8 Å². The van der Waals surface area contributed by atoms with Crippen molar-refractivity contribution in [3.05, 3.63) is 28.5 Å². The number of rotatable bonds is 2. The lowest BCUT2D eigenvalue weighted by Gasteiger charge is -1.97. The van der Waals surface area contributed by atoms with Gasteiger partial charge >= 0.3 is 5.97 Å². The summed E-state index contributed by atoms with van der Waals surface area (Å²) in [6.45, 7) is 0. The monoisotopic (exact) mass is 244 g/mol. The molecule has 0 bridgehead atoms. The number of hydrogen-bond acceptors (Lipinski definition) is 4. The van der Waals surface area contributed by atoms with Gasteiger partial charge in [0.2, 0.25) is 5.71 Å². The molecule has 0 aliphatic rings. The van der Waals surface area contributed by atoms with E-state index < -0.39 is 11.7 Å². The fraction of sp³-hybridized carbons (Fsp3) is 0. The zero-order valence-electron chi connectivity index (χ0n) is 6.31. The Kier molecular flexibility index (Phi) is 2.97. The molecule has 0 amide bonds. The highest BCUT2D eigenvalue weighted by atomic mass is 79.9. The topological polar surface area (TPSA) is 82.8 Å². The molecule has 0 fully saturated rings. The zero-order chi connectivity index (χ0) is 9.84. The Morgan fingerprint density at radius 3 is 2.62 bits per heavy atom. The highest BCUT2D eigenvalue weighted by Crippen LogP contribution is 2.08. The molecule has 1 rings (SSSR count). The Morgan fingerprint density at radius 1 is 1.54 bits per heavy atom. The van der Waals surface area contributed by atoms with Gasteiger partial charge < -0.3 is 10.3 Å². The van der Waals surface area contributed by atoms with Gasteiger partial charge in [0.05, 0.1) is 5.69 Å². The predicted molar refractivity (Wildman–Crippen MR) is 47.9 cm³/mol. The Hall–Kier alpha value is -1.43. The average Bonchev–Trinajstić information content (AvgIpc) is 2.09. The number of carboxylic acids is 1. The van der Waals surface area contributed by atoms with Crippen LogP contribution in [0.15, 0.2) is 28.0 Å². The Bertz CT molecular complexity index is 347. The average molecular weight is 245 g/mol. The lowest BCUT2D eigenvalue weighted by atomic mass is 10.2. The van der Waals surface area contributed by atoms with Gasteiger partial charge in [-0.3, -0.25) is 4.98 Å².